The Hall–Kier alpha value is -2.17. The molecule has 5 heteroatoms. The van der Waals surface area contributed by atoms with Crippen molar-refractivity contribution < 1.29 is 23.5 Å². The van der Waals surface area contributed by atoms with E-state index >= 15 is 0 Å². The van der Waals surface area contributed by atoms with E-state index in [9.17, 15) is 14.0 Å². The maximum absolute atomic E-state index is 12.8. The lowest BCUT2D eigenvalue weighted by molar-refractivity contribution is -0.167. The van der Waals surface area contributed by atoms with Crippen LogP contribution in [0.3, 0.4) is 0 Å². The van der Waals surface area contributed by atoms with Gasteiger partial charge in [0.25, 0.3) is 0 Å². The fraction of sp³-hybridized carbons (Fsp3) is 0.333. The van der Waals surface area contributed by atoms with Gasteiger partial charge in [0.1, 0.15) is 11.4 Å². The smallest absolute Gasteiger partial charge is 0.345 e. The molecule has 108 valence electrons. The van der Waals surface area contributed by atoms with Crippen molar-refractivity contribution >= 4 is 11.9 Å². The third-order valence-corrected chi connectivity index (χ3v) is 2.58. The predicted molar refractivity (Wildman–Crippen MR) is 71.3 cm³/mol. The van der Waals surface area contributed by atoms with Gasteiger partial charge in [-0.1, -0.05) is 18.7 Å². The van der Waals surface area contributed by atoms with Crippen molar-refractivity contribution in [2.24, 2.45) is 0 Å². The molecule has 0 saturated carbocycles. The van der Waals surface area contributed by atoms with E-state index < -0.39 is 24.1 Å². The Bertz CT molecular complexity index is 517. The summed E-state index contributed by atoms with van der Waals surface area (Å²) in [7, 11) is 0. The normalized spacial score (nSPS) is 10.8. The van der Waals surface area contributed by atoms with E-state index in [0.29, 0.717) is 5.56 Å². The monoisotopic (exact) mass is 280 g/mol. The molecule has 0 aromatic heterocycles. The van der Waals surface area contributed by atoms with Gasteiger partial charge in [-0.05, 0) is 38.5 Å². The number of carbonyl (C=O) groups is 2. The van der Waals surface area contributed by atoms with Crippen molar-refractivity contribution in [1.29, 1.82) is 0 Å². The molecule has 1 aromatic carbocycles. The zero-order valence-electron chi connectivity index (χ0n) is 11.7. The second-order valence-electron chi connectivity index (χ2n) is 4.85. The molecule has 0 aliphatic heterocycles. The minimum absolute atomic E-state index is 0.204. The fourth-order valence-corrected chi connectivity index (χ4v) is 1.47. The first-order valence-corrected chi connectivity index (χ1v) is 6.03. The maximum atomic E-state index is 12.8. The maximum Gasteiger partial charge on any atom is 0.345 e. The topological polar surface area (TPSA) is 52.6 Å². The van der Waals surface area contributed by atoms with Crippen LogP contribution in [0.1, 0.15) is 26.3 Å². The lowest BCUT2D eigenvalue weighted by Gasteiger charge is -2.25. The van der Waals surface area contributed by atoms with Crippen molar-refractivity contribution in [1.82, 2.24) is 0 Å². The first-order chi connectivity index (χ1) is 9.22. The van der Waals surface area contributed by atoms with Gasteiger partial charge < -0.3 is 9.47 Å². The summed E-state index contributed by atoms with van der Waals surface area (Å²) in [5.41, 5.74) is -0.102. The number of halogens is 1. The first-order valence-electron chi connectivity index (χ1n) is 6.03. The van der Waals surface area contributed by atoms with Crippen LogP contribution < -0.4 is 0 Å². The molecule has 0 amide bonds. The van der Waals surface area contributed by atoms with Crippen LogP contribution in [0.5, 0.6) is 0 Å². The Balaban J connectivity index is 2.62. The zero-order valence-corrected chi connectivity index (χ0v) is 11.7. The SMILES string of the molecule is C=C(C)C(=O)OCC(=O)OC(C)(C)c1ccc(F)cc1. The predicted octanol–water partition coefficient (Wildman–Crippen LogP) is 2.72. The molecule has 0 aliphatic rings. The summed E-state index contributed by atoms with van der Waals surface area (Å²) in [4.78, 5) is 22.8. The number of hydrogen-bond acceptors (Lipinski definition) is 4. The van der Waals surface area contributed by atoms with E-state index in [1.807, 2.05) is 0 Å². The summed E-state index contributed by atoms with van der Waals surface area (Å²) in [5, 5.41) is 0. The summed E-state index contributed by atoms with van der Waals surface area (Å²) < 4.78 is 22.8. The Kier molecular flexibility index (Phi) is 5.02. The summed E-state index contributed by atoms with van der Waals surface area (Å²) in [6.07, 6.45) is 0. The second kappa shape index (κ2) is 6.32. The molecular weight excluding hydrogens is 263 g/mol. The molecule has 0 unspecified atom stereocenters. The molecule has 1 rings (SSSR count). The molecule has 0 N–H and O–H groups in total. The highest BCUT2D eigenvalue weighted by atomic mass is 19.1. The van der Waals surface area contributed by atoms with Crippen LogP contribution in [0.4, 0.5) is 4.39 Å². The minimum atomic E-state index is -0.944. The van der Waals surface area contributed by atoms with Crippen LogP contribution in [0, 0.1) is 5.82 Å². The molecule has 0 bridgehead atoms. The van der Waals surface area contributed by atoms with Gasteiger partial charge in [-0.3, -0.25) is 0 Å². The molecule has 0 aliphatic carbocycles. The first kappa shape index (κ1) is 15.9. The number of rotatable bonds is 5. The number of ether oxygens (including phenoxy) is 2. The molecular formula is C15H17FO4. The van der Waals surface area contributed by atoms with Crippen molar-refractivity contribution in [3.63, 3.8) is 0 Å². The van der Waals surface area contributed by atoms with Gasteiger partial charge in [-0.2, -0.15) is 0 Å². The fourth-order valence-electron chi connectivity index (χ4n) is 1.47. The van der Waals surface area contributed by atoms with E-state index in [1.54, 1.807) is 13.8 Å². The summed E-state index contributed by atoms with van der Waals surface area (Å²) >= 11 is 0. The molecule has 0 radical (unpaired) electrons. The number of esters is 2. The summed E-state index contributed by atoms with van der Waals surface area (Å²) in [6, 6.07) is 5.63. The molecule has 0 atom stereocenters. The number of carbonyl (C=O) groups excluding carboxylic acids is 2. The minimum Gasteiger partial charge on any atom is -0.452 e. The molecule has 0 saturated heterocycles. The average molecular weight is 280 g/mol. The van der Waals surface area contributed by atoms with E-state index in [4.69, 9.17) is 9.47 Å². The van der Waals surface area contributed by atoms with E-state index in [-0.39, 0.29) is 11.4 Å². The quantitative estimate of drug-likeness (QED) is 0.614. The number of hydrogen-bond donors (Lipinski definition) is 0. The van der Waals surface area contributed by atoms with Crippen LogP contribution in [0.25, 0.3) is 0 Å². The van der Waals surface area contributed by atoms with Gasteiger partial charge in [0, 0.05) is 5.57 Å². The highest BCUT2D eigenvalue weighted by molar-refractivity contribution is 5.88. The molecule has 0 spiro atoms. The van der Waals surface area contributed by atoms with Crippen molar-refractivity contribution in [2.45, 2.75) is 26.4 Å². The Labute approximate surface area is 117 Å². The molecule has 1 aromatic rings. The van der Waals surface area contributed by atoms with Crippen molar-refractivity contribution in [3.05, 3.63) is 47.8 Å². The van der Waals surface area contributed by atoms with Crippen LogP contribution in [-0.2, 0) is 24.7 Å². The molecule has 0 fully saturated rings. The van der Waals surface area contributed by atoms with Crippen LogP contribution in [-0.4, -0.2) is 18.5 Å². The third-order valence-electron chi connectivity index (χ3n) is 2.58. The van der Waals surface area contributed by atoms with Crippen molar-refractivity contribution in [2.75, 3.05) is 6.61 Å². The van der Waals surface area contributed by atoms with Gasteiger partial charge in [-0.25, -0.2) is 14.0 Å². The van der Waals surface area contributed by atoms with Gasteiger partial charge in [0.15, 0.2) is 6.61 Å². The molecule has 0 heterocycles. The van der Waals surface area contributed by atoms with E-state index in [1.165, 1.54) is 31.2 Å². The Morgan fingerprint density at radius 2 is 1.80 bits per heavy atom. The largest absolute Gasteiger partial charge is 0.452 e. The van der Waals surface area contributed by atoms with Crippen molar-refractivity contribution in [3.8, 4) is 0 Å². The van der Waals surface area contributed by atoms with E-state index in [0.717, 1.165) is 0 Å². The number of benzene rings is 1. The van der Waals surface area contributed by atoms with E-state index in [2.05, 4.69) is 6.58 Å². The van der Waals surface area contributed by atoms with Crippen LogP contribution >= 0.6 is 0 Å². The lowest BCUT2D eigenvalue weighted by Crippen LogP contribution is -2.28. The standard InChI is InChI=1S/C15H17FO4/c1-10(2)14(18)19-9-13(17)20-15(3,4)11-5-7-12(16)8-6-11/h5-8H,1,9H2,2-4H3. The van der Waals surface area contributed by atoms with Crippen LogP contribution in [0.2, 0.25) is 0 Å². The van der Waals surface area contributed by atoms with Gasteiger partial charge in [0.05, 0.1) is 0 Å². The van der Waals surface area contributed by atoms with Gasteiger partial charge in [-0.15, -0.1) is 0 Å². The highest BCUT2D eigenvalue weighted by Crippen LogP contribution is 2.24. The lowest BCUT2D eigenvalue weighted by atomic mass is 9.98. The average Bonchev–Trinajstić information content (AvgIpc) is 2.35. The summed E-state index contributed by atoms with van der Waals surface area (Å²) in [6.45, 7) is 7.72. The van der Waals surface area contributed by atoms with Gasteiger partial charge >= 0.3 is 11.9 Å². The highest BCUT2D eigenvalue weighted by Gasteiger charge is 2.25. The third kappa shape index (κ3) is 4.50. The zero-order chi connectivity index (χ0) is 15.3. The second-order valence-corrected chi connectivity index (χ2v) is 4.85. The van der Waals surface area contributed by atoms with Gasteiger partial charge in [0.2, 0.25) is 0 Å². The van der Waals surface area contributed by atoms with Crippen LogP contribution in [0.15, 0.2) is 36.4 Å². The Morgan fingerprint density at radius 3 is 2.30 bits per heavy atom. The summed E-state index contributed by atoms with van der Waals surface area (Å²) in [5.74, 6) is -1.71. The molecule has 4 nitrogen and oxygen atoms in total. The molecule has 20 heavy (non-hydrogen) atoms. The Morgan fingerprint density at radius 1 is 1.25 bits per heavy atom.